The minimum absolute atomic E-state index is 0.230. The molecule has 0 aromatic carbocycles. The Morgan fingerprint density at radius 3 is 3.12 bits per heavy atom. The summed E-state index contributed by atoms with van der Waals surface area (Å²) in [5.74, 6) is 1.14. The summed E-state index contributed by atoms with van der Waals surface area (Å²) in [5.41, 5.74) is 0. The Morgan fingerprint density at radius 1 is 1.62 bits per heavy atom. The van der Waals surface area contributed by atoms with E-state index in [1.807, 2.05) is 0 Å². The van der Waals surface area contributed by atoms with Gasteiger partial charge in [-0.15, -0.1) is 0 Å². The maximum absolute atomic E-state index is 10.3. The summed E-state index contributed by atoms with van der Waals surface area (Å²) in [6.07, 6.45) is 3.25. The Balaban J connectivity index is 2.12. The smallest absolute Gasteiger partial charge is 0.244 e. The van der Waals surface area contributed by atoms with Gasteiger partial charge in [-0.1, -0.05) is 5.16 Å². The van der Waals surface area contributed by atoms with Crippen LogP contribution in [-0.4, -0.2) is 33.9 Å². The van der Waals surface area contributed by atoms with Gasteiger partial charge in [0, 0.05) is 6.04 Å². The lowest BCUT2D eigenvalue weighted by molar-refractivity contribution is -0.107. The average molecular weight is 223 g/mol. The minimum atomic E-state index is 0.230. The first-order valence-electron chi connectivity index (χ1n) is 5.74. The van der Waals surface area contributed by atoms with E-state index >= 15 is 0 Å². The Morgan fingerprint density at radius 2 is 2.44 bits per heavy atom. The van der Waals surface area contributed by atoms with Crippen LogP contribution in [0.3, 0.4) is 0 Å². The molecule has 0 N–H and O–H groups in total. The number of aldehydes is 1. The number of nitrogens with zero attached hydrogens (tertiary/aromatic N) is 3. The zero-order valence-corrected chi connectivity index (χ0v) is 9.72. The third-order valence-corrected chi connectivity index (χ3v) is 2.99. The van der Waals surface area contributed by atoms with Crippen molar-refractivity contribution in [3.05, 3.63) is 11.7 Å². The van der Waals surface area contributed by atoms with E-state index in [9.17, 15) is 4.79 Å². The first kappa shape index (κ1) is 11.3. The predicted molar refractivity (Wildman–Crippen MR) is 57.9 cm³/mol. The van der Waals surface area contributed by atoms with Crippen molar-refractivity contribution < 1.29 is 9.32 Å². The van der Waals surface area contributed by atoms with E-state index in [4.69, 9.17) is 4.52 Å². The Hall–Kier alpha value is -1.23. The Kier molecular flexibility index (Phi) is 3.33. The summed E-state index contributed by atoms with van der Waals surface area (Å²) in [6.45, 7) is 5.41. The van der Waals surface area contributed by atoms with Crippen molar-refractivity contribution in [1.82, 2.24) is 15.0 Å². The molecule has 1 unspecified atom stereocenters. The summed E-state index contributed by atoms with van der Waals surface area (Å²) < 4.78 is 5.22. The third kappa shape index (κ3) is 2.14. The van der Waals surface area contributed by atoms with Gasteiger partial charge in [0.15, 0.2) is 5.82 Å². The molecule has 1 aromatic rings. The van der Waals surface area contributed by atoms with Gasteiger partial charge in [0.05, 0.1) is 12.5 Å². The van der Waals surface area contributed by atoms with Crippen molar-refractivity contribution in [3.63, 3.8) is 0 Å². The molecule has 88 valence electrons. The Labute approximate surface area is 94.8 Å². The van der Waals surface area contributed by atoms with E-state index < -0.39 is 0 Å². The zero-order valence-electron chi connectivity index (χ0n) is 9.72. The summed E-state index contributed by atoms with van der Waals surface area (Å²) in [4.78, 5) is 17.0. The van der Waals surface area contributed by atoms with Crippen LogP contribution in [0.25, 0.3) is 0 Å². The van der Waals surface area contributed by atoms with Crippen molar-refractivity contribution in [2.75, 3.05) is 6.54 Å². The van der Waals surface area contributed by atoms with Gasteiger partial charge in [0.2, 0.25) is 5.89 Å². The molecule has 0 radical (unpaired) electrons. The van der Waals surface area contributed by atoms with E-state index in [2.05, 4.69) is 28.9 Å². The maximum Gasteiger partial charge on any atom is 0.244 e. The fourth-order valence-corrected chi connectivity index (χ4v) is 2.23. The molecule has 1 fully saturated rings. The van der Waals surface area contributed by atoms with Crippen molar-refractivity contribution in [1.29, 1.82) is 0 Å². The van der Waals surface area contributed by atoms with Crippen LogP contribution in [0, 0.1) is 0 Å². The van der Waals surface area contributed by atoms with Crippen LogP contribution in [0.2, 0.25) is 0 Å². The first-order valence-corrected chi connectivity index (χ1v) is 5.74. The maximum atomic E-state index is 10.3. The Bertz CT molecular complexity index is 362. The molecule has 2 rings (SSSR count). The van der Waals surface area contributed by atoms with Crippen LogP contribution in [-0.2, 0) is 11.2 Å². The van der Waals surface area contributed by atoms with Gasteiger partial charge in [-0.05, 0) is 33.2 Å². The van der Waals surface area contributed by atoms with Crippen LogP contribution in [0.1, 0.15) is 44.4 Å². The van der Waals surface area contributed by atoms with Gasteiger partial charge in [0.1, 0.15) is 6.29 Å². The van der Waals surface area contributed by atoms with Gasteiger partial charge >= 0.3 is 0 Å². The van der Waals surface area contributed by atoms with Crippen LogP contribution in [0.15, 0.2) is 4.52 Å². The molecule has 16 heavy (non-hydrogen) atoms. The average Bonchev–Trinajstić information content (AvgIpc) is 2.83. The standard InChI is InChI=1S/C11H17N3O2/c1-8(2)14-6-3-4-9(14)11-12-10(5-7-15)13-16-11/h7-9H,3-6H2,1-2H3. The van der Waals surface area contributed by atoms with Gasteiger partial charge in [-0.3, -0.25) is 4.90 Å². The molecule has 2 heterocycles. The second-order valence-corrected chi connectivity index (χ2v) is 4.41. The summed E-state index contributed by atoms with van der Waals surface area (Å²) >= 11 is 0. The van der Waals surface area contributed by atoms with E-state index in [0.29, 0.717) is 17.8 Å². The molecule has 1 aliphatic rings. The monoisotopic (exact) mass is 223 g/mol. The topological polar surface area (TPSA) is 59.2 Å². The summed E-state index contributed by atoms with van der Waals surface area (Å²) in [5, 5.41) is 3.80. The molecule has 1 saturated heterocycles. The van der Waals surface area contributed by atoms with Crippen LogP contribution in [0.4, 0.5) is 0 Å². The van der Waals surface area contributed by atoms with Crippen molar-refractivity contribution in [3.8, 4) is 0 Å². The van der Waals surface area contributed by atoms with Gasteiger partial charge in [-0.25, -0.2) is 0 Å². The SMILES string of the molecule is CC(C)N1CCCC1c1nc(CC=O)no1. The van der Waals surface area contributed by atoms with E-state index in [0.717, 1.165) is 25.7 Å². The normalized spacial score (nSPS) is 21.8. The number of likely N-dealkylation sites (tertiary alicyclic amines) is 1. The highest BCUT2D eigenvalue weighted by molar-refractivity contribution is 5.52. The minimum Gasteiger partial charge on any atom is -0.338 e. The fourth-order valence-electron chi connectivity index (χ4n) is 2.23. The lowest BCUT2D eigenvalue weighted by Gasteiger charge is -2.25. The number of hydrogen-bond acceptors (Lipinski definition) is 5. The molecular weight excluding hydrogens is 206 g/mol. The highest BCUT2D eigenvalue weighted by Crippen LogP contribution is 2.32. The van der Waals surface area contributed by atoms with Gasteiger partial charge in [-0.2, -0.15) is 4.98 Å². The zero-order chi connectivity index (χ0) is 11.5. The third-order valence-electron chi connectivity index (χ3n) is 2.99. The largest absolute Gasteiger partial charge is 0.338 e. The van der Waals surface area contributed by atoms with E-state index in [-0.39, 0.29) is 12.5 Å². The molecule has 1 aliphatic heterocycles. The number of aromatic nitrogens is 2. The van der Waals surface area contributed by atoms with Crippen molar-refractivity contribution in [2.24, 2.45) is 0 Å². The second-order valence-electron chi connectivity index (χ2n) is 4.41. The highest BCUT2D eigenvalue weighted by Gasteiger charge is 2.31. The molecule has 0 aliphatic carbocycles. The van der Waals surface area contributed by atoms with Crippen LogP contribution < -0.4 is 0 Å². The molecule has 0 bridgehead atoms. The van der Waals surface area contributed by atoms with Gasteiger partial charge in [0.25, 0.3) is 0 Å². The summed E-state index contributed by atoms with van der Waals surface area (Å²) in [7, 11) is 0. The van der Waals surface area contributed by atoms with Crippen LogP contribution >= 0.6 is 0 Å². The predicted octanol–water partition coefficient (Wildman–Crippen LogP) is 1.36. The number of rotatable bonds is 4. The molecule has 5 heteroatoms. The first-order chi connectivity index (χ1) is 7.72. The lowest BCUT2D eigenvalue weighted by atomic mass is 10.2. The van der Waals surface area contributed by atoms with Crippen molar-refractivity contribution >= 4 is 6.29 Å². The fraction of sp³-hybridized carbons (Fsp3) is 0.727. The quantitative estimate of drug-likeness (QED) is 0.721. The highest BCUT2D eigenvalue weighted by atomic mass is 16.5. The number of carbonyl (C=O) groups excluding carboxylic acids is 1. The summed E-state index contributed by atoms with van der Waals surface area (Å²) in [6, 6.07) is 0.710. The molecule has 1 aromatic heterocycles. The molecule has 1 atom stereocenters. The lowest BCUT2D eigenvalue weighted by Crippen LogP contribution is -2.30. The molecular formula is C11H17N3O2. The van der Waals surface area contributed by atoms with Gasteiger partial charge < -0.3 is 9.32 Å². The van der Waals surface area contributed by atoms with E-state index in [1.165, 1.54) is 0 Å². The van der Waals surface area contributed by atoms with Crippen LogP contribution in [0.5, 0.6) is 0 Å². The molecule has 0 amide bonds. The number of hydrogen-bond donors (Lipinski definition) is 0. The number of carbonyl (C=O) groups is 1. The van der Waals surface area contributed by atoms with Crippen molar-refractivity contribution in [2.45, 2.75) is 45.2 Å². The second kappa shape index (κ2) is 4.74. The molecule has 5 nitrogen and oxygen atoms in total. The van der Waals surface area contributed by atoms with E-state index in [1.54, 1.807) is 0 Å². The molecule has 0 saturated carbocycles. The molecule has 0 spiro atoms.